The van der Waals surface area contributed by atoms with Crippen molar-refractivity contribution in [2.45, 2.75) is 32.2 Å². The van der Waals surface area contributed by atoms with E-state index in [4.69, 9.17) is 9.97 Å². The van der Waals surface area contributed by atoms with Gasteiger partial charge in [0.15, 0.2) is 0 Å². The van der Waals surface area contributed by atoms with Crippen molar-refractivity contribution < 1.29 is 0 Å². The maximum Gasteiger partial charge on any atom is 0.225 e. The van der Waals surface area contributed by atoms with Gasteiger partial charge in [0, 0.05) is 69.3 Å². The Balaban J connectivity index is 1.44. The zero-order chi connectivity index (χ0) is 22.6. The van der Waals surface area contributed by atoms with Gasteiger partial charge in [-0.3, -0.25) is 9.88 Å². The monoisotopic (exact) mass is 442 g/mol. The molecule has 2 aliphatic heterocycles. The van der Waals surface area contributed by atoms with Crippen LogP contribution < -0.4 is 4.90 Å². The number of hydrogen-bond acceptors (Lipinski definition) is 6. The molecule has 33 heavy (non-hydrogen) atoms. The number of likely N-dealkylation sites (tertiary alicyclic amines) is 1. The van der Waals surface area contributed by atoms with Crippen molar-refractivity contribution in [3.8, 4) is 11.1 Å². The van der Waals surface area contributed by atoms with Gasteiger partial charge in [0.1, 0.15) is 0 Å². The molecule has 172 valence electrons. The van der Waals surface area contributed by atoms with Gasteiger partial charge in [-0.05, 0) is 62.2 Å². The van der Waals surface area contributed by atoms with Gasteiger partial charge in [0.25, 0.3) is 0 Å². The van der Waals surface area contributed by atoms with Crippen LogP contribution in [-0.2, 0) is 6.54 Å². The van der Waals surface area contributed by atoms with E-state index >= 15 is 0 Å². The summed E-state index contributed by atoms with van der Waals surface area (Å²) in [6.45, 7) is 9.47. The summed E-state index contributed by atoms with van der Waals surface area (Å²) in [5.74, 6) is 1.28. The number of likely N-dealkylation sites (N-methyl/N-ethyl adjacent to an activating group) is 1. The van der Waals surface area contributed by atoms with Crippen LogP contribution in [-0.4, -0.2) is 71.1 Å². The van der Waals surface area contributed by atoms with Crippen molar-refractivity contribution in [2.24, 2.45) is 0 Å². The van der Waals surface area contributed by atoms with Gasteiger partial charge in [-0.1, -0.05) is 24.3 Å². The fourth-order valence-corrected chi connectivity index (χ4v) is 5.06. The summed E-state index contributed by atoms with van der Waals surface area (Å²) in [7, 11) is 2.18. The van der Waals surface area contributed by atoms with Crippen molar-refractivity contribution in [1.82, 2.24) is 24.8 Å². The number of aromatic nitrogens is 3. The molecule has 3 aromatic rings. The lowest BCUT2D eigenvalue weighted by Gasteiger charge is -2.35. The summed E-state index contributed by atoms with van der Waals surface area (Å²) >= 11 is 0. The van der Waals surface area contributed by atoms with Crippen LogP contribution in [0.5, 0.6) is 0 Å². The number of aryl methyl sites for hydroxylation is 1. The molecule has 0 bridgehead atoms. The topological polar surface area (TPSA) is 48.4 Å². The number of piperazine rings is 1. The van der Waals surface area contributed by atoms with E-state index in [2.05, 4.69) is 70.1 Å². The minimum absolute atomic E-state index is 0.403. The van der Waals surface area contributed by atoms with Crippen LogP contribution in [0.15, 0.2) is 55.0 Å². The third-order valence-electron chi connectivity index (χ3n) is 7.13. The lowest BCUT2D eigenvalue weighted by atomic mass is 9.90. The molecule has 2 aromatic heterocycles. The Bertz CT molecular complexity index is 1060. The zero-order valence-corrected chi connectivity index (χ0v) is 19.8. The van der Waals surface area contributed by atoms with Gasteiger partial charge < -0.3 is 9.80 Å². The van der Waals surface area contributed by atoms with E-state index < -0.39 is 0 Å². The highest BCUT2D eigenvalue weighted by Gasteiger charge is 2.27. The average Bonchev–Trinajstić information content (AvgIpc) is 2.86. The highest BCUT2D eigenvalue weighted by atomic mass is 15.3. The van der Waals surface area contributed by atoms with Gasteiger partial charge in [-0.25, -0.2) is 9.97 Å². The summed E-state index contributed by atoms with van der Waals surface area (Å²) in [4.78, 5) is 21.6. The molecule has 0 aliphatic carbocycles. The average molecular weight is 443 g/mol. The number of nitrogens with zero attached hydrogens (tertiary/aromatic N) is 6. The predicted molar refractivity (Wildman–Crippen MR) is 133 cm³/mol. The molecule has 2 saturated heterocycles. The van der Waals surface area contributed by atoms with Crippen LogP contribution in [0, 0.1) is 6.92 Å². The van der Waals surface area contributed by atoms with E-state index in [1.165, 1.54) is 29.7 Å². The minimum atomic E-state index is 0.403. The molecule has 6 nitrogen and oxygen atoms in total. The second-order valence-electron chi connectivity index (χ2n) is 9.50. The van der Waals surface area contributed by atoms with E-state index in [0.717, 1.165) is 62.9 Å². The van der Waals surface area contributed by atoms with Crippen LogP contribution in [0.1, 0.15) is 35.6 Å². The maximum absolute atomic E-state index is 5.23. The Morgan fingerprint density at radius 3 is 2.55 bits per heavy atom. The second kappa shape index (κ2) is 9.98. The summed E-state index contributed by atoms with van der Waals surface area (Å²) in [6, 6.07) is 12.9. The molecule has 0 spiro atoms. The molecule has 0 saturated carbocycles. The first-order valence-electron chi connectivity index (χ1n) is 12.1. The van der Waals surface area contributed by atoms with Crippen LogP contribution in [0.4, 0.5) is 5.95 Å². The Hall–Kier alpha value is -2.83. The lowest BCUT2D eigenvalue weighted by molar-refractivity contribution is 0.198. The smallest absolute Gasteiger partial charge is 0.225 e. The molecular weight excluding hydrogens is 408 g/mol. The van der Waals surface area contributed by atoms with E-state index in [1.807, 2.05) is 18.6 Å². The first-order valence-corrected chi connectivity index (χ1v) is 12.1. The first kappa shape index (κ1) is 22.0. The molecule has 0 radical (unpaired) electrons. The van der Waals surface area contributed by atoms with Gasteiger partial charge in [0.05, 0.1) is 5.69 Å². The number of anilines is 1. The van der Waals surface area contributed by atoms with Crippen LogP contribution in [0.3, 0.4) is 0 Å². The number of hydrogen-bond donors (Lipinski definition) is 0. The van der Waals surface area contributed by atoms with Gasteiger partial charge in [-0.15, -0.1) is 0 Å². The third kappa shape index (κ3) is 5.07. The molecule has 0 N–H and O–H groups in total. The SMILES string of the molecule is Cc1ccccc1CN1CCCC(c2nc(N3CCN(C)CC3)ncc2-c2ccncc2)C1. The van der Waals surface area contributed by atoms with Crippen molar-refractivity contribution in [3.05, 3.63) is 71.8 Å². The van der Waals surface area contributed by atoms with Gasteiger partial charge >= 0.3 is 0 Å². The Labute approximate surface area is 197 Å². The number of piperidine rings is 1. The van der Waals surface area contributed by atoms with E-state index in [0.29, 0.717) is 5.92 Å². The molecule has 5 rings (SSSR count). The van der Waals surface area contributed by atoms with Crippen LogP contribution in [0.25, 0.3) is 11.1 Å². The van der Waals surface area contributed by atoms with Crippen molar-refractivity contribution in [2.75, 3.05) is 51.2 Å². The highest BCUT2D eigenvalue weighted by molar-refractivity contribution is 5.66. The number of benzene rings is 1. The maximum atomic E-state index is 5.23. The van der Waals surface area contributed by atoms with Gasteiger partial charge in [-0.2, -0.15) is 0 Å². The van der Waals surface area contributed by atoms with E-state index in [1.54, 1.807) is 0 Å². The zero-order valence-electron chi connectivity index (χ0n) is 19.8. The molecule has 1 aromatic carbocycles. The normalized spacial score (nSPS) is 20.2. The first-order chi connectivity index (χ1) is 16.2. The van der Waals surface area contributed by atoms with Crippen LogP contribution >= 0.6 is 0 Å². The van der Waals surface area contributed by atoms with Crippen molar-refractivity contribution in [3.63, 3.8) is 0 Å². The molecule has 2 fully saturated rings. The Morgan fingerprint density at radius 2 is 1.76 bits per heavy atom. The molecule has 4 heterocycles. The highest BCUT2D eigenvalue weighted by Crippen LogP contribution is 2.34. The third-order valence-corrected chi connectivity index (χ3v) is 7.13. The summed E-state index contributed by atoms with van der Waals surface area (Å²) in [5, 5.41) is 0. The Morgan fingerprint density at radius 1 is 0.970 bits per heavy atom. The molecule has 6 heteroatoms. The minimum Gasteiger partial charge on any atom is -0.338 e. The number of rotatable bonds is 5. The summed E-state index contributed by atoms with van der Waals surface area (Å²) in [5.41, 5.74) is 6.29. The summed E-state index contributed by atoms with van der Waals surface area (Å²) in [6.07, 6.45) is 8.13. The fourth-order valence-electron chi connectivity index (χ4n) is 5.06. The van der Waals surface area contributed by atoms with Crippen molar-refractivity contribution >= 4 is 5.95 Å². The molecule has 0 amide bonds. The molecule has 2 aliphatic rings. The van der Waals surface area contributed by atoms with Crippen LogP contribution in [0.2, 0.25) is 0 Å². The fraction of sp³-hybridized carbons (Fsp3) is 0.444. The molecule has 1 unspecified atom stereocenters. The second-order valence-corrected chi connectivity index (χ2v) is 9.50. The predicted octanol–water partition coefficient (Wildman–Crippen LogP) is 3.98. The standard InChI is InChI=1S/C27H34N6/c1-21-6-3-4-7-23(21)19-32-13-5-8-24(20-32)26-25(22-9-11-28-12-10-22)18-29-27(30-26)33-16-14-31(2)15-17-33/h3-4,6-7,9-12,18,24H,5,8,13-17,19-20H2,1-2H3. The van der Waals surface area contributed by atoms with Crippen molar-refractivity contribution in [1.29, 1.82) is 0 Å². The lowest BCUT2D eigenvalue weighted by Crippen LogP contribution is -2.45. The Kier molecular flexibility index (Phi) is 6.65. The quantitative estimate of drug-likeness (QED) is 0.596. The molecule has 1 atom stereocenters. The van der Waals surface area contributed by atoms with E-state index in [9.17, 15) is 0 Å². The van der Waals surface area contributed by atoms with Gasteiger partial charge in [0.2, 0.25) is 5.95 Å². The van der Waals surface area contributed by atoms with E-state index in [-0.39, 0.29) is 0 Å². The molecular formula is C27H34N6. The largest absolute Gasteiger partial charge is 0.338 e. The number of pyridine rings is 1. The summed E-state index contributed by atoms with van der Waals surface area (Å²) < 4.78 is 0.